The highest BCUT2D eigenvalue weighted by atomic mass is 16.5. The van der Waals surface area contributed by atoms with Crippen LogP contribution in [0.2, 0.25) is 0 Å². The number of phenolic OH excluding ortho intramolecular Hbond substituents is 1. The molecule has 0 atom stereocenters. The highest BCUT2D eigenvalue weighted by Gasteiger charge is 2.16. The standard InChI is InChI=1S/C24H22N2O5/c27-21-13-7-5-11-19(21)24(30)31-16-22(28)26-20-12-6-4-10-18(20)23(29)25-15-14-17-8-2-1-3-9-17/h1-13,27H,14-16H2,(H,25,29)(H,26,28). The maximum Gasteiger partial charge on any atom is 0.342 e. The molecule has 0 fully saturated rings. The SMILES string of the molecule is O=C(COC(=O)c1ccccc1O)Nc1ccccc1C(=O)NCCc1ccccc1. The second kappa shape index (κ2) is 10.6. The minimum Gasteiger partial charge on any atom is -0.507 e. The summed E-state index contributed by atoms with van der Waals surface area (Å²) >= 11 is 0. The zero-order chi connectivity index (χ0) is 22.1. The van der Waals surface area contributed by atoms with E-state index < -0.39 is 18.5 Å². The van der Waals surface area contributed by atoms with Crippen LogP contribution in [0.15, 0.2) is 78.9 Å². The van der Waals surface area contributed by atoms with Gasteiger partial charge >= 0.3 is 5.97 Å². The Labute approximate surface area is 179 Å². The van der Waals surface area contributed by atoms with Crippen molar-refractivity contribution in [2.75, 3.05) is 18.5 Å². The highest BCUT2D eigenvalue weighted by Crippen LogP contribution is 2.17. The monoisotopic (exact) mass is 418 g/mol. The summed E-state index contributed by atoms with van der Waals surface area (Å²) < 4.78 is 4.95. The smallest absolute Gasteiger partial charge is 0.342 e. The lowest BCUT2D eigenvalue weighted by atomic mass is 10.1. The number of aromatic hydroxyl groups is 1. The summed E-state index contributed by atoms with van der Waals surface area (Å²) in [7, 11) is 0. The third-order valence-electron chi connectivity index (χ3n) is 4.45. The van der Waals surface area contributed by atoms with Gasteiger partial charge in [-0.15, -0.1) is 0 Å². The van der Waals surface area contributed by atoms with Gasteiger partial charge in [0, 0.05) is 6.54 Å². The molecule has 31 heavy (non-hydrogen) atoms. The Balaban J connectivity index is 1.54. The second-order valence-corrected chi connectivity index (χ2v) is 6.68. The first-order valence-electron chi connectivity index (χ1n) is 9.70. The number of hydrogen-bond acceptors (Lipinski definition) is 5. The van der Waals surface area contributed by atoms with E-state index in [1.54, 1.807) is 36.4 Å². The lowest BCUT2D eigenvalue weighted by molar-refractivity contribution is -0.119. The number of para-hydroxylation sites is 2. The summed E-state index contributed by atoms with van der Waals surface area (Å²) in [5, 5.41) is 15.1. The van der Waals surface area contributed by atoms with E-state index in [1.165, 1.54) is 12.1 Å². The molecule has 0 aromatic heterocycles. The van der Waals surface area contributed by atoms with E-state index in [4.69, 9.17) is 4.74 Å². The van der Waals surface area contributed by atoms with Crippen molar-refractivity contribution in [3.63, 3.8) is 0 Å². The van der Waals surface area contributed by atoms with E-state index in [2.05, 4.69) is 10.6 Å². The number of phenols is 1. The maximum atomic E-state index is 12.6. The molecule has 7 heteroatoms. The predicted molar refractivity (Wildman–Crippen MR) is 116 cm³/mol. The van der Waals surface area contributed by atoms with E-state index in [0.717, 1.165) is 5.56 Å². The van der Waals surface area contributed by atoms with E-state index in [0.29, 0.717) is 24.2 Å². The Hall–Kier alpha value is -4.13. The molecule has 0 saturated carbocycles. The second-order valence-electron chi connectivity index (χ2n) is 6.68. The molecule has 3 N–H and O–H groups in total. The van der Waals surface area contributed by atoms with Crippen molar-refractivity contribution in [3.8, 4) is 5.75 Å². The molecule has 0 aliphatic heterocycles. The van der Waals surface area contributed by atoms with Gasteiger partial charge in [-0.25, -0.2) is 4.79 Å². The van der Waals surface area contributed by atoms with E-state index >= 15 is 0 Å². The van der Waals surface area contributed by atoms with Gasteiger partial charge < -0.3 is 20.5 Å². The quantitative estimate of drug-likeness (QED) is 0.488. The lowest BCUT2D eigenvalue weighted by Crippen LogP contribution is -2.28. The molecule has 0 aliphatic rings. The fourth-order valence-electron chi connectivity index (χ4n) is 2.89. The topological polar surface area (TPSA) is 105 Å². The van der Waals surface area contributed by atoms with E-state index in [1.807, 2.05) is 30.3 Å². The minimum absolute atomic E-state index is 0.0338. The molecule has 0 aliphatic carbocycles. The zero-order valence-electron chi connectivity index (χ0n) is 16.7. The summed E-state index contributed by atoms with van der Waals surface area (Å²) in [6.07, 6.45) is 0.684. The van der Waals surface area contributed by atoms with Gasteiger partial charge in [-0.05, 0) is 36.2 Å². The molecule has 158 valence electrons. The van der Waals surface area contributed by atoms with Crippen LogP contribution in [0.5, 0.6) is 5.75 Å². The Morgan fingerprint density at radius 1 is 0.806 bits per heavy atom. The first kappa shape index (κ1) is 21.6. The van der Waals surface area contributed by atoms with Crippen LogP contribution in [0.1, 0.15) is 26.3 Å². The number of hydrogen-bond donors (Lipinski definition) is 3. The number of nitrogens with one attached hydrogen (secondary N) is 2. The summed E-state index contributed by atoms with van der Waals surface area (Å²) in [6, 6.07) is 22.2. The van der Waals surface area contributed by atoms with E-state index in [9.17, 15) is 19.5 Å². The Bertz CT molecular complexity index is 1070. The Morgan fingerprint density at radius 2 is 1.45 bits per heavy atom. The van der Waals surface area contributed by atoms with Crippen LogP contribution in [0.4, 0.5) is 5.69 Å². The van der Waals surface area contributed by atoms with Gasteiger partial charge in [-0.2, -0.15) is 0 Å². The number of carbonyl (C=O) groups excluding carboxylic acids is 3. The number of anilines is 1. The lowest BCUT2D eigenvalue weighted by Gasteiger charge is -2.12. The first-order chi connectivity index (χ1) is 15.0. The van der Waals surface area contributed by atoms with Gasteiger partial charge in [-0.3, -0.25) is 9.59 Å². The molecule has 3 rings (SSSR count). The molecule has 0 spiro atoms. The van der Waals surface area contributed by atoms with Gasteiger partial charge in [0.25, 0.3) is 11.8 Å². The van der Waals surface area contributed by atoms with Crippen molar-refractivity contribution in [2.45, 2.75) is 6.42 Å². The minimum atomic E-state index is -0.819. The van der Waals surface area contributed by atoms with Crippen molar-refractivity contribution in [2.24, 2.45) is 0 Å². The van der Waals surface area contributed by atoms with Crippen LogP contribution >= 0.6 is 0 Å². The third-order valence-corrected chi connectivity index (χ3v) is 4.45. The van der Waals surface area contributed by atoms with Crippen molar-refractivity contribution >= 4 is 23.5 Å². The summed E-state index contributed by atoms with van der Waals surface area (Å²) in [4.78, 5) is 36.8. The fourth-order valence-corrected chi connectivity index (χ4v) is 2.89. The number of carbonyl (C=O) groups is 3. The third kappa shape index (κ3) is 6.17. The molecule has 0 radical (unpaired) electrons. The molecule has 3 aromatic carbocycles. The van der Waals surface area contributed by atoms with Crippen molar-refractivity contribution < 1.29 is 24.2 Å². The zero-order valence-corrected chi connectivity index (χ0v) is 16.7. The largest absolute Gasteiger partial charge is 0.507 e. The molecular formula is C24H22N2O5. The van der Waals surface area contributed by atoms with Gasteiger partial charge in [0.05, 0.1) is 11.3 Å². The Kier molecular flexibility index (Phi) is 7.37. The molecule has 3 aromatic rings. The molecule has 0 saturated heterocycles. The number of ether oxygens (including phenoxy) is 1. The van der Waals surface area contributed by atoms with Gasteiger partial charge in [0.15, 0.2) is 6.61 Å². The normalized spacial score (nSPS) is 10.2. The van der Waals surface area contributed by atoms with Crippen LogP contribution < -0.4 is 10.6 Å². The van der Waals surface area contributed by atoms with Crippen molar-refractivity contribution in [3.05, 3.63) is 95.6 Å². The van der Waals surface area contributed by atoms with Crippen LogP contribution in [-0.4, -0.2) is 36.0 Å². The average Bonchev–Trinajstić information content (AvgIpc) is 2.79. The predicted octanol–water partition coefficient (Wildman–Crippen LogP) is 3.16. The number of amides is 2. The number of esters is 1. The fraction of sp³-hybridized carbons (Fsp3) is 0.125. The molecule has 0 heterocycles. The molecule has 0 bridgehead atoms. The molecule has 2 amide bonds. The molecule has 7 nitrogen and oxygen atoms in total. The van der Waals surface area contributed by atoms with E-state index in [-0.39, 0.29) is 17.2 Å². The number of benzene rings is 3. The summed E-state index contributed by atoms with van der Waals surface area (Å²) in [5.41, 5.74) is 1.68. The first-order valence-corrected chi connectivity index (χ1v) is 9.70. The van der Waals surface area contributed by atoms with Gasteiger partial charge in [-0.1, -0.05) is 54.6 Å². The van der Waals surface area contributed by atoms with Gasteiger partial charge in [0.1, 0.15) is 11.3 Å². The average molecular weight is 418 g/mol. The summed E-state index contributed by atoms with van der Waals surface area (Å²) in [5.74, 6) is -1.98. The number of rotatable bonds is 8. The maximum absolute atomic E-state index is 12.6. The van der Waals surface area contributed by atoms with Gasteiger partial charge in [0.2, 0.25) is 0 Å². The van der Waals surface area contributed by atoms with Crippen LogP contribution in [0.3, 0.4) is 0 Å². The van der Waals surface area contributed by atoms with Crippen LogP contribution in [0.25, 0.3) is 0 Å². The molecular weight excluding hydrogens is 396 g/mol. The Morgan fingerprint density at radius 3 is 2.19 bits per heavy atom. The van der Waals surface area contributed by atoms with Crippen molar-refractivity contribution in [1.82, 2.24) is 5.32 Å². The summed E-state index contributed by atoms with van der Waals surface area (Å²) in [6.45, 7) is -0.111. The van der Waals surface area contributed by atoms with Crippen LogP contribution in [0, 0.1) is 0 Å². The molecule has 0 unspecified atom stereocenters. The van der Waals surface area contributed by atoms with Crippen molar-refractivity contribution in [1.29, 1.82) is 0 Å². The van der Waals surface area contributed by atoms with Crippen LogP contribution in [-0.2, 0) is 16.0 Å². The highest BCUT2D eigenvalue weighted by molar-refractivity contribution is 6.04.